The lowest BCUT2D eigenvalue weighted by atomic mass is 9.78. The fourth-order valence-electron chi connectivity index (χ4n) is 8.18. The number of hydrogen-bond donors (Lipinski definition) is 0. The SMILES string of the molecule is CCC1O[C@@H](O[C@@H]2C(OC(C)=O)[C@H](OC3C(C)OC(C)[C@@H]4OC(C)(C)O[C@H]34)OC(C)[C@@H]2O[C@@H]2OC[C@@H](C)[C@H](C)C2C)C(C)[C@@H](C)[C@@H]1C. The summed E-state index contributed by atoms with van der Waals surface area (Å²) in [6.07, 6.45) is -5.89. The molecule has 5 fully saturated rings. The quantitative estimate of drug-likeness (QED) is 0.308. The van der Waals surface area contributed by atoms with E-state index < -0.39 is 67.3 Å². The monoisotopic (exact) mass is 670 g/mol. The summed E-state index contributed by atoms with van der Waals surface area (Å²) in [6.45, 7) is 27.0. The van der Waals surface area contributed by atoms with Crippen LogP contribution < -0.4 is 0 Å². The predicted octanol–water partition coefficient (Wildman–Crippen LogP) is 5.45. The molecular weight excluding hydrogens is 608 g/mol. The van der Waals surface area contributed by atoms with E-state index in [4.69, 9.17) is 47.4 Å². The summed E-state index contributed by atoms with van der Waals surface area (Å²) in [5.74, 6) is 0.446. The van der Waals surface area contributed by atoms with Crippen LogP contribution in [0.2, 0.25) is 0 Å². The average Bonchev–Trinajstić information content (AvgIpc) is 3.34. The molecule has 0 aliphatic carbocycles. The second kappa shape index (κ2) is 14.8. The minimum absolute atomic E-state index is 0.0353. The van der Waals surface area contributed by atoms with Crippen molar-refractivity contribution in [2.24, 2.45) is 35.5 Å². The van der Waals surface area contributed by atoms with E-state index in [1.54, 1.807) is 0 Å². The summed E-state index contributed by atoms with van der Waals surface area (Å²) in [7, 11) is 0. The van der Waals surface area contributed by atoms with Crippen LogP contribution in [0.5, 0.6) is 0 Å². The number of carbonyl (C=O) groups excluding carboxylic acids is 1. The van der Waals surface area contributed by atoms with E-state index >= 15 is 0 Å². The molecule has 47 heavy (non-hydrogen) atoms. The third kappa shape index (κ3) is 7.73. The highest BCUT2D eigenvalue weighted by Crippen LogP contribution is 2.43. The van der Waals surface area contributed by atoms with Crippen LogP contribution in [-0.4, -0.2) is 98.3 Å². The van der Waals surface area contributed by atoms with Gasteiger partial charge in [0.05, 0.1) is 31.0 Å². The van der Waals surface area contributed by atoms with Gasteiger partial charge >= 0.3 is 5.97 Å². The van der Waals surface area contributed by atoms with Crippen molar-refractivity contribution in [2.75, 3.05) is 6.61 Å². The van der Waals surface area contributed by atoms with Crippen LogP contribution >= 0.6 is 0 Å². The molecule has 11 heteroatoms. The molecule has 5 rings (SSSR count). The van der Waals surface area contributed by atoms with E-state index in [9.17, 15) is 4.79 Å². The number of carbonyl (C=O) groups is 1. The summed E-state index contributed by atoms with van der Waals surface area (Å²) < 4.78 is 64.9. The lowest BCUT2D eigenvalue weighted by molar-refractivity contribution is -0.376. The van der Waals surface area contributed by atoms with Crippen molar-refractivity contribution in [3.8, 4) is 0 Å². The molecule has 5 aliphatic heterocycles. The number of rotatable bonds is 8. The summed E-state index contributed by atoms with van der Waals surface area (Å²) in [4.78, 5) is 12.8. The predicted molar refractivity (Wildman–Crippen MR) is 172 cm³/mol. The summed E-state index contributed by atoms with van der Waals surface area (Å²) in [5, 5.41) is 0. The molecule has 0 radical (unpaired) electrons. The van der Waals surface area contributed by atoms with Crippen molar-refractivity contribution >= 4 is 5.97 Å². The van der Waals surface area contributed by atoms with Crippen molar-refractivity contribution in [3.05, 3.63) is 0 Å². The Morgan fingerprint density at radius 1 is 0.638 bits per heavy atom. The molecule has 0 aromatic heterocycles. The first kappa shape index (κ1) is 37.4. The van der Waals surface area contributed by atoms with Gasteiger partial charge < -0.3 is 47.4 Å². The Morgan fingerprint density at radius 3 is 1.89 bits per heavy atom. The first-order valence-corrected chi connectivity index (χ1v) is 18.1. The maximum atomic E-state index is 12.8. The van der Waals surface area contributed by atoms with Gasteiger partial charge in [0.25, 0.3) is 0 Å². The molecule has 8 unspecified atom stereocenters. The lowest BCUT2D eigenvalue weighted by Gasteiger charge is -2.51. The van der Waals surface area contributed by atoms with Gasteiger partial charge in [-0.3, -0.25) is 4.79 Å². The second-order valence-corrected chi connectivity index (χ2v) is 15.6. The summed E-state index contributed by atoms with van der Waals surface area (Å²) in [6, 6.07) is 0. The molecule has 0 aromatic rings. The Hall–Kier alpha value is -0.890. The van der Waals surface area contributed by atoms with E-state index in [-0.39, 0.29) is 36.3 Å². The Labute approximate surface area is 282 Å². The summed E-state index contributed by atoms with van der Waals surface area (Å²) >= 11 is 0. The smallest absolute Gasteiger partial charge is 0.303 e. The molecule has 0 bridgehead atoms. The fraction of sp³-hybridized carbons (Fsp3) is 0.972. The molecule has 0 amide bonds. The van der Waals surface area contributed by atoms with Gasteiger partial charge in [-0.15, -0.1) is 0 Å². The van der Waals surface area contributed by atoms with E-state index in [0.717, 1.165) is 6.42 Å². The van der Waals surface area contributed by atoms with E-state index in [0.29, 0.717) is 30.3 Å². The highest BCUT2D eigenvalue weighted by molar-refractivity contribution is 5.66. The van der Waals surface area contributed by atoms with Crippen molar-refractivity contribution in [1.82, 2.24) is 0 Å². The zero-order valence-corrected chi connectivity index (χ0v) is 30.9. The van der Waals surface area contributed by atoms with Crippen molar-refractivity contribution in [3.63, 3.8) is 0 Å². The molecule has 0 aromatic carbocycles. The van der Waals surface area contributed by atoms with Crippen molar-refractivity contribution in [1.29, 1.82) is 0 Å². The first-order chi connectivity index (χ1) is 22.0. The van der Waals surface area contributed by atoms with E-state index in [2.05, 4.69) is 48.5 Å². The Morgan fingerprint density at radius 2 is 1.23 bits per heavy atom. The minimum atomic E-state index is -1.00. The van der Waals surface area contributed by atoms with Gasteiger partial charge in [-0.25, -0.2) is 0 Å². The topological polar surface area (TPSA) is 109 Å². The van der Waals surface area contributed by atoms with Crippen LogP contribution in [0.3, 0.4) is 0 Å². The molecule has 0 saturated carbocycles. The zero-order chi connectivity index (χ0) is 34.5. The number of fused-ring (bicyclic) bond motifs is 1. The number of hydrogen-bond acceptors (Lipinski definition) is 11. The van der Waals surface area contributed by atoms with Gasteiger partial charge in [-0.1, -0.05) is 48.5 Å². The van der Waals surface area contributed by atoms with Gasteiger partial charge in [-0.2, -0.15) is 0 Å². The molecule has 5 saturated heterocycles. The van der Waals surface area contributed by atoms with Crippen LogP contribution in [0.25, 0.3) is 0 Å². The lowest BCUT2D eigenvalue weighted by Crippen LogP contribution is -2.65. The highest BCUT2D eigenvalue weighted by atomic mass is 16.8. The second-order valence-electron chi connectivity index (χ2n) is 15.6. The van der Waals surface area contributed by atoms with E-state index in [1.165, 1.54) is 6.92 Å². The Bertz CT molecular complexity index is 1050. The average molecular weight is 671 g/mol. The van der Waals surface area contributed by atoms with Crippen LogP contribution in [0.4, 0.5) is 0 Å². The van der Waals surface area contributed by atoms with Crippen molar-refractivity contribution < 1.29 is 52.2 Å². The van der Waals surface area contributed by atoms with Gasteiger partial charge in [0.2, 0.25) is 0 Å². The number of ether oxygens (including phenoxy) is 10. The standard InChI is InChI=1S/C36H62O11/c1-14-26-19(5)18(4)21(7)34(42-26)45-30-27(43-33-20(6)17(3)16(2)15-38-33)23(9)40-35(32(30)41-25(11)37)44-28-22(8)39-24(10)29-31(28)47-36(12,13)46-29/h16-24,26-35H,14-15H2,1-13H3/t16-,17+,18+,19+,20?,21?,22?,23?,24?,26?,27+,28?,29+,30+,31-,32?,33+,34+,35+/m1/s1. The third-order valence-electron chi connectivity index (χ3n) is 11.8. The normalized spacial score (nSPS) is 51.7. The minimum Gasteiger partial charge on any atom is -0.454 e. The maximum Gasteiger partial charge on any atom is 0.303 e. The molecule has 5 heterocycles. The molecule has 11 nitrogen and oxygen atoms in total. The summed E-state index contributed by atoms with van der Waals surface area (Å²) in [5.41, 5.74) is 0. The number of esters is 1. The molecule has 272 valence electrons. The van der Waals surface area contributed by atoms with Crippen molar-refractivity contribution in [2.45, 2.75) is 182 Å². The van der Waals surface area contributed by atoms with Gasteiger partial charge in [-0.05, 0) is 64.7 Å². The van der Waals surface area contributed by atoms with Crippen LogP contribution in [0.1, 0.15) is 96.4 Å². The van der Waals surface area contributed by atoms with Gasteiger partial charge in [0.15, 0.2) is 30.8 Å². The largest absolute Gasteiger partial charge is 0.454 e. The van der Waals surface area contributed by atoms with E-state index in [1.807, 2.05) is 34.6 Å². The molecule has 5 aliphatic rings. The molecule has 0 N–H and O–H groups in total. The molecule has 19 atom stereocenters. The third-order valence-corrected chi connectivity index (χ3v) is 11.8. The Kier molecular flexibility index (Phi) is 11.7. The van der Waals surface area contributed by atoms with Gasteiger partial charge in [0, 0.05) is 18.8 Å². The Balaban J connectivity index is 1.47. The van der Waals surface area contributed by atoms with Gasteiger partial charge in [0.1, 0.15) is 30.5 Å². The fourth-order valence-corrected chi connectivity index (χ4v) is 8.18. The zero-order valence-electron chi connectivity index (χ0n) is 30.9. The highest BCUT2D eigenvalue weighted by Gasteiger charge is 2.58. The van der Waals surface area contributed by atoms with Crippen LogP contribution in [0.15, 0.2) is 0 Å². The maximum absolute atomic E-state index is 12.8. The van der Waals surface area contributed by atoms with Crippen LogP contribution in [0, 0.1) is 35.5 Å². The molecular formula is C36H62O11. The first-order valence-electron chi connectivity index (χ1n) is 18.1. The molecule has 0 spiro atoms. The van der Waals surface area contributed by atoms with Crippen LogP contribution in [-0.2, 0) is 52.2 Å².